The molecule has 11 heteroatoms. The Kier molecular flexibility index (Phi) is 6.53. The number of carbonyl (C=O) groups is 1. The van der Waals surface area contributed by atoms with Crippen molar-refractivity contribution in [3.63, 3.8) is 0 Å². The first-order chi connectivity index (χ1) is 15.1. The number of nitrogens with zero attached hydrogens (tertiary/aromatic N) is 3. The highest BCUT2D eigenvalue weighted by atomic mass is 127. The van der Waals surface area contributed by atoms with E-state index in [1.54, 1.807) is 24.0 Å². The molecule has 170 valence electrons. The Labute approximate surface area is 201 Å². The molecule has 1 saturated carbocycles. The number of fused-ring (bicyclic) bond motifs is 1. The minimum absolute atomic E-state index is 0.00674. The van der Waals surface area contributed by atoms with Gasteiger partial charge in [0, 0.05) is 41.4 Å². The van der Waals surface area contributed by atoms with Gasteiger partial charge in [0.2, 0.25) is 0 Å². The molecular formula is C21H20ClF3IN5O. The first-order valence-electron chi connectivity index (χ1n) is 10.0. The van der Waals surface area contributed by atoms with Crippen molar-refractivity contribution in [1.82, 2.24) is 20.1 Å². The highest BCUT2D eigenvalue weighted by Gasteiger charge is 2.34. The number of pyridine rings is 1. The molecule has 1 fully saturated rings. The number of aryl methyl sites for hydroxylation is 1. The van der Waals surface area contributed by atoms with Crippen LogP contribution in [0.15, 0.2) is 30.5 Å². The fourth-order valence-electron chi connectivity index (χ4n) is 3.93. The van der Waals surface area contributed by atoms with E-state index in [0.29, 0.717) is 47.5 Å². The van der Waals surface area contributed by atoms with Gasteiger partial charge in [0.1, 0.15) is 5.69 Å². The van der Waals surface area contributed by atoms with E-state index in [4.69, 9.17) is 11.6 Å². The van der Waals surface area contributed by atoms with E-state index in [-0.39, 0.29) is 23.5 Å². The van der Waals surface area contributed by atoms with Crippen LogP contribution in [0.3, 0.4) is 0 Å². The third kappa shape index (κ3) is 5.11. The first-order valence-corrected chi connectivity index (χ1v) is 11.5. The molecule has 6 nitrogen and oxygen atoms in total. The molecule has 4 rings (SSSR count). The van der Waals surface area contributed by atoms with E-state index >= 15 is 0 Å². The number of alkyl halides is 3. The quantitative estimate of drug-likeness (QED) is 0.408. The summed E-state index contributed by atoms with van der Waals surface area (Å²) in [6.07, 6.45) is 0.0589. The van der Waals surface area contributed by atoms with Crippen LogP contribution in [-0.4, -0.2) is 32.8 Å². The summed E-state index contributed by atoms with van der Waals surface area (Å²) in [6.45, 7) is 0. The fourth-order valence-corrected chi connectivity index (χ4v) is 4.86. The average Bonchev–Trinajstić information content (AvgIpc) is 3.07. The average molecular weight is 578 g/mol. The van der Waals surface area contributed by atoms with Gasteiger partial charge in [-0.15, -0.1) is 0 Å². The van der Waals surface area contributed by atoms with E-state index < -0.39 is 11.9 Å². The van der Waals surface area contributed by atoms with Gasteiger partial charge >= 0.3 is 6.18 Å². The summed E-state index contributed by atoms with van der Waals surface area (Å²) in [7, 11) is 1.76. The van der Waals surface area contributed by atoms with Crippen LogP contribution in [0.5, 0.6) is 0 Å². The molecule has 1 aliphatic carbocycles. The van der Waals surface area contributed by atoms with Crippen molar-refractivity contribution < 1.29 is 18.0 Å². The lowest BCUT2D eigenvalue weighted by atomic mass is 9.90. The molecule has 0 atom stereocenters. The van der Waals surface area contributed by atoms with Crippen LogP contribution in [0.2, 0.25) is 5.02 Å². The molecule has 3 aromatic rings. The number of rotatable bonds is 4. The van der Waals surface area contributed by atoms with Crippen LogP contribution in [0.25, 0.3) is 10.9 Å². The number of nitrogens with one attached hydrogen (secondary N) is 2. The Morgan fingerprint density at radius 1 is 1.19 bits per heavy atom. The Morgan fingerprint density at radius 2 is 1.88 bits per heavy atom. The number of carbonyl (C=O) groups excluding carboxylic acids is 1. The van der Waals surface area contributed by atoms with Gasteiger partial charge in [-0.2, -0.15) is 18.3 Å². The summed E-state index contributed by atoms with van der Waals surface area (Å²) in [5.74, 6) is -0.212. The number of anilines is 1. The molecule has 2 aromatic heterocycles. The largest absolute Gasteiger partial charge is 0.433 e. The van der Waals surface area contributed by atoms with Crippen LogP contribution in [0, 0.1) is 3.57 Å². The van der Waals surface area contributed by atoms with Gasteiger partial charge in [-0.1, -0.05) is 11.6 Å². The molecule has 0 radical (unpaired) electrons. The van der Waals surface area contributed by atoms with E-state index in [9.17, 15) is 18.0 Å². The maximum Gasteiger partial charge on any atom is 0.433 e. The molecule has 32 heavy (non-hydrogen) atoms. The number of amides is 1. The Hall–Kier alpha value is -2.08. The lowest BCUT2D eigenvalue weighted by molar-refractivity contribution is -0.140. The second kappa shape index (κ2) is 9.05. The van der Waals surface area contributed by atoms with Crippen molar-refractivity contribution in [2.75, 3.05) is 5.32 Å². The predicted molar refractivity (Wildman–Crippen MR) is 125 cm³/mol. The summed E-state index contributed by atoms with van der Waals surface area (Å²) in [5, 5.41) is 11.4. The second-order valence-corrected chi connectivity index (χ2v) is 9.48. The van der Waals surface area contributed by atoms with Gasteiger partial charge in [0.15, 0.2) is 5.69 Å². The topological polar surface area (TPSA) is 71.8 Å². The Balaban J connectivity index is 1.45. The van der Waals surface area contributed by atoms with Crippen molar-refractivity contribution in [3.8, 4) is 0 Å². The number of hydrogen-bond acceptors (Lipinski definition) is 4. The highest BCUT2D eigenvalue weighted by molar-refractivity contribution is 14.1. The van der Waals surface area contributed by atoms with Crippen molar-refractivity contribution in [2.45, 2.75) is 43.9 Å². The van der Waals surface area contributed by atoms with Crippen LogP contribution < -0.4 is 10.6 Å². The van der Waals surface area contributed by atoms with E-state index in [1.165, 1.54) is 12.1 Å². The maximum absolute atomic E-state index is 13.3. The number of aromatic nitrogens is 3. The zero-order valence-electron chi connectivity index (χ0n) is 17.0. The fraction of sp³-hybridized carbons (Fsp3) is 0.381. The van der Waals surface area contributed by atoms with Gasteiger partial charge < -0.3 is 10.6 Å². The molecule has 0 saturated heterocycles. The third-order valence-electron chi connectivity index (χ3n) is 5.48. The molecule has 1 aliphatic rings. The summed E-state index contributed by atoms with van der Waals surface area (Å²) >= 11 is 8.14. The first kappa shape index (κ1) is 23.1. The molecule has 0 bridgehead atoms. The minimum atomic E-state index is -4.55. The molecular weight excluding hydrogens is 558 g/mol. The zero-order chi connectivity index (χ0) is 23.0. The molecule has 1 amide bonds. The number of benzene rings is 1. The standard InChI is InChI=1S/C21H20ClF3IN5O/c1-31-10-15(26)19(30-31)20(32)28-13-5-3-12(4-6-13)27-17-9-18(21(23,24)25)29-16-7-2-11(22)8-14(16)17/h2,7-10,12-13H,3-6H2,1H3,(H,27,29)(H,28,32). The maximum atomic E-state index is 13.3. The molecule has 0 aliphatic heterocycles. The van der Waals surface area contributed by atoms with Gasteiger partial charge in [-0.05, 0) is 72.5 Å². The van der Waals surface area contributed by atoms with Crippen LogP contribution in [0.1, 0.15) is 41.9 Å². The lowest BCUT2D eigenvalue weighted by Crippen LogP contribution is -2.40. The lowest BCUT2D eigenvalue weighted by Gasteiger charge is -2.30. The van der Waals surface area contributed by atoms with Crippen molar-refractivity contribution >= 4 is 56.7 Å². The summed E-state index contributed by atoms with van der Waals surface area (Å²) in [4.78, 5) is 16.2. The van der Waals surface area contributed by atoms with Gasteiger partial charge in [-0.25, -0.2) is 4.98 Å². The van der Waals surface area contributed by atoms with Crippen molar-refractivity contribution in [1.29, 1.82) is 0 Å². The summed E-state index contributed by atoms with van der Waals surface area (Å²) in [5.41, 5.74) is 0.0480. The molecule has 1 aromatic carbocycles. The Morgan fingerprint density at radius 3 is 2.50 bits per heavy atom. The van der Waals surface area contributed by atoms with Crippen LogP contribution >= 0.6 is 34.2 Å². The van der Waals surface area contributed by atoms with Crippen molar-refractivity contribution in [2.24, 2.45) is 7.05 Å². The van der Waals surface area contributed by atoms with E-state index in [0.717, 1.165) is 9.64 Å². The number of hydrogen-bond donors (Lipinski definition) is 2. The Bertz CT molecular complexity index is 1160. The summed E-state index contributed by atoms with van der Waals surface area (Å²) < 4.78 is 42.4. The van der Waals surface area contributed by atoms with Gasteiger partial charge in [0.25, 0.3) is 5.91 Å². The molecule has 2 heterocycles. The smallest absolute Gasteiger partial charge is 0.382 e. The normalized spacial score (nSPS) is 19.2. The van der Waals surface area contributed by atoms with E-state index in [1.807, 2.05) is 0 Å². The zero-order valence-corrected chi connectivity index (χ0v) is 19.9. The monoisotopic (exact) mass is 577 g/mol. The number of halogens is 5. The second-order valence-electron chi connectivity index (χ2n) is 7.88. The third-order valence-corrected chi connectivity index (χ3v) is 6.51. The predicted octanol–water partition coefficient (Wildman–Crippen LogP) is 5.40. The van der Waals surface area contributed by atoms with Crippen LogP contribution in [-0.2, 0) is 13.2 Å². The highest BCUT2D eigenvalue weighted by Crippen LogP contribution is 2.35. The van der Waals surface area contributed by atoms with E-state index in [2.05, 4.69) is 43.3 Å². The van der Waals surface area contributed by atoms with Crippen molar-refractivity contribution in [3.05, 3.63) is 50.4 Å². The van der Waals surface area contributed by atoms with Crippen LogP contribution in [0.4, 0.5) is 18.9 Å². The minimum Gasteiger partial charge on any atom is -0.382 e. The molecule has 2 N–H and O–H groups in total. The van der Waals surface area contributed by atoms with Gasteiger partial charge in [0.05, 0.1) is 9.09 Å². The molecule has 0 unspecified atom stereocenters. The van der Waals surface area contributed by atoms with Gasteiger partial charge in [-0.3, -0.25) is 9.48 Å². The molecule has 0 spiro atoms. The SMILES string of the molecule is Cn1cc(I)c(C(=O)NC2CCC(Nc3cc(C(F)(F)F)nc4ccc(Cl)cc34)CC2)n1. The summed E-state index contributed by atoms with van der Waals surface area (Å²) in [6, 6.07) is 5.64.